The minimum Gasteiger partial charge on any atom is -0.494 e. The van der Waals surface area contributed by atoms with E-state index in [1.165, 1.54) is 0 Å². The summed E-state index contributed by atoms with van der Waals surface area (Å²) in [5, 5.41) is 3.46. The Bertz CT molecular complexity index is 1060. The molecule has 2 aromatic carbocycles. The summed E-state index contributed by atoms with van der Waals surface area (Å²) in [6.45, 7) is 2.55. The lowest BCUT2D eigenvalue weighted by Crippen LogP contribution is -2.31. The highest BCUT2D eigenvalue weighted by atomic mass is 16.5. The second-order valence-corrected chi connectivity index (χ2v) is 7.39. The highest BCUT2D eigenvalue weighted by Crippen LogP contribution is 2.48. The first kappa shape index (κ1) is 17.0. The van der Waals surface area contributed by atoms with Crippen molar-refractivity contribution in [3.05, 3.63) is 82.1 Å². The van der Waals surface area contributed by atoms with Crippen LogP contribution in [-0.4, -0.2) is 18.2 Å². The van der Waals surface area contributed by atoms with Crippen molar-refractivity contribution in [2.45, 2.75) is 32.1 Å². The van der Waals surface area contributed by atoms with Crippen molar-refractivity contribution in [3.8, 4) is 5.75 Å². The number of carbonyl (C=O) groups excluding carboxylic acids is 2. The Morgan fingerprint density at radius 3 is 2.46 bits per heavy atom. The molecule has 0 spiro atoms. The van der Waals surface area contributed by atoms with E-state index in [9.17, 15) is 9.59 Å². The molecule has 5 rings (SSSR count). The van der Waals surface area contributed by atoms with Crippen LogP contribution >= 0.6 is 0 Å². The normalized spacial score (nSPS) is 20.5. The summed E-state index contributed by atoms with van der Waals surface area (Å²) >= 11 is 0. The fourth-order valence-corrected chi connectivity index (χ4v) is 4.59. The molecule has 0 aromatic heterocycles. The summed E-state index contributed by atoms with van der Waals surface area (Å²) in [4.78, 5) is 26.2. The van der Waals surface area contributed by atoms with E-state index >= 15 is 0 Å². The van der Waals surface area contributed by atoms with Crippen LogP contribution in [0.4, 0.5) is 0 Å². The Hall–Kier alpha value is -3.14. The maximum absolute atomic E-state index is 13.3. The number of ketones is 2. The van der Waals surface area contributed by atoms with E-state index in [-0.39, 0.29) is 17.5 Å². The van der Waals surface area contributed by atoms with Crippen LogP contribution < -0.4 is 10.1 Å². The van der Waals surface area contributed by atoms with Crippen molar-refractivity contribution in [2.75, 3.05) is 6.61 Å². The fraction of sp³-hybridized carbons (Fsp3) is 0.250. The molecule has 2 aliphatic carbocycles. The Kier molecular flexibility index (Phi) is 3.93. The highest BCUT2D eigenvalue weighted by Gasteiger charge is 2.43. The quantitative estimate of drug-likeness (QED) is 0.870. The summed E-state index contributed by atoms with van der Waals surface area (Å²) in [6, 6.07) is 15.5. The summed E-state index contributed by atoms with van der Waals surface area (Å²) in [6.07, 6.45) is 2.22. The second-order valence-electron chi connectivity index (χ2n) is 7.39. The fourth-order valence-electron chi connectivity index (χ4n) is 4.59. The molecule has 4 heteroatoms. The molecule has 28 heavy (non-hydrogen) atoms. The lowest BCUT2D eigenvalue weighted by molar-refractivity contribution is -0.116. The molecular formula is C24H21NO3. The molecule has 4 nitrogen and oxygen atoms in total. The molecule has 0 radical (unpaired) electrons. The molecule has 0 amide bonds. The third-order valence-electron chi connectivity index (χ3n) is 5.79. The SMILES string of the molecule is CCOc1ccc(C2C3=C(CCCC3=O)NC3=C2C(=O)c2ccccc23)cc1. The van der Waals surface area contributed by atoms with E-state index in [2.05, 4.69) is 5.32 Å². The van der Waals surface area contributed by atoms with Crippen LogP contribution in [0.25, 0.3) is 5.70 Å². The molecule has 1 unspecified atom stereocenters. The molecule has 1 N–H and O–H groups in total. The van der Waals surface area contributed by atoms with Crippen molar-refractivity contribution >= 4 is 17.3 Å². The van der Waals surface area contributed by atoms with E-state index in [0.29, 0.717) is 24.2 Å². The Morgan fingerprint density at radius 1 is 0.964 bits per heavy atom. The minimum absolute atomic E-state index is 0.0157. The number of Topliss-reactive ketones (excluding diaryl/α,β-unsaturated/α-hetero) is 2. The van der Waals surface area contributed by atoms with Gasteiger partial charge in [0.25, 0.3) is 0 Å². The monoisotopic (exact) mass is 371 g/mol. The van der Waals surface area contributed by atoms with Crippen molar-refractivity contribution in [2.24, 2.45) is 0 Å². The average molecular weight is 371 g/mol. The Balaban J connectivity index is 1.68. The smallest absolute Gasteiger partial charge is 0.192 e. The van der Waals surface area contributed by atoms with E-state index in [1.807, 2.05) is 55.5 Å². The lowest BCUT2D eigenvalue weighted by Gasteiger charge is -2.33. The number of hydrogen-bond donors (Lipinski definition) is 1. The van der Waals surface area contributed by atoms with Crippen LogP contribution in [0.15, 0.2) is 65.4 Å². The third kappa shape index (κ3) is 2.44. The number of allylic oxidation sites excluding steroid dienone is 3. The number of hydrogen-bond acceptors (Lipinski definition) is 4. The topological polar surface area (TPSA) is 55.4 Å². The predicted octanol–water partition coefficient (Wildman–Crippen LogP) is 4.39. The van der Waals surface area contributed by atoms with Crippen LogP contribution in [0.5, 0.6) is 5.75 Å². The largest absolute Gasteiger partial charge is 0.494 e. The van der Waals surface area contributed by atoms with Gasteiger partial charge in [-0.25, -0.2) is 0 Å². The molecule has 0 saturated heterocycles. The summed E-state index contributed by atoms with van der Waals surface area (Å²) in [7, 11) is 0. The molecule has 1 heterocycles. The number of dihydropyridines is 1. The summed E-state index contributed by atoms with van der Waals surface area (Å²) < 4.78 is 5.56. The standard InChI is InChI=1S/C24H21NO3/c1-2-28-15-12-10-14(11-13-15)20-21-18(8-5-9-19(21)26)25-23-16-6-3-4-7-17(16)24(27)22(20)23/h3-4,6-7,10-13,20,25H,2,5,8-9H2,1H3. The Morgan fingerprint density at radius 2 is 1.71 bits per heavy atom. The lowest BCUT2D eigenvalue weighted by atomic mass is 9.75. The van der Waals surface area contributed by atoms with Gasteiger partial charge in [0.15, 0.2) is 11.6 Å². The number of rotatable bonds is 3. The average Bonchev–Trinajstić information content (AvgIpc) is 3.00. The van der Waals surface area contributed by atoms with Crippen LogP contribution in [0.1, 0.15) is 53.6 Å². The first-order valence-corrected chi connectivity index (χ1v) is 9.83. The minimum atomic E-state index is -0.324. The van der Waals surface area contributed by atoms with Gasteiger partial charge < -0.3 is 10.1 Å². The van der Waals surface area contributed by atoms with Crippen LogP contribution in [-0.2, 0) is 4.79 Å². The zero-order chi connectivity index (χ0) is 19.3. The van der Waals surface area contributed by atoms with Crippen molar-refractivity contribution < 1.29 is 14.3 Å². The molecule has 1 aliphatic heterocycles. The van der Waals surface area contributed by atoms with Gasteiger partial charge in [0.1, 0.15) is 5.75 Å². The van der Waals surface area contributed by atoms with Gasteiger partial charge in [-0.1, -0.05) is 36.4 Å². The van der Waals surface area contributed by atoms with Crippen molar-refractivity contribution in [1.82, 2.24) is 5.32 Å². The number of ether oxygens (including phenoxy) is 1. The van der Waals surface area contributed by atoms with E-state index in [4.69, 9.17) is 4.74 Å². The van der Waals surface area contributed by atoms with Crippen LogP contribution in [0, 0.1) is 0 Å². The van der Waals surface area contributed by atoms with Gasteiger partial charge in [0.2, 0.25) is 0 Å². The summed E-state index contributed by atoms with van der Waals surface area (Å²) in [5.41, 5.74) is 5.90. The van der Waals surface area contributed by atoms with Gasteiger partial charge in [-0.2, -0.15) is 0 Å². The van der Waals surface area contributed by atoms with E-state index in [0.717, 1.165) is 46.7 Å². The number of nitrogens with one attached hydrogen (secondary N) is 1. The zero-order valence-electron chi connectivity index (χ0n) is 15.7. The van der Waals surface area contributed by atoms with Crippen molar-refractivity contribution in [1.29, 1.82) is 0 Å². The van der Waals surface area contributed by atoms with Gasteiger partial charge in [0, 0.05) is 40.3 Å². The van der Waals surface area contributed by atoms with Gasteiger partial charge in [-0.05, 0) is 37.5 Å². The summed E-state index contributed by atoms with van der Waals surface area (Å²) in [5.74, 6) is 0.624. The van der Waals surface area contributed by atoms with E-state index < -0.39 is 0 Å². The molecule has 3 aliphatic rings. The second kappa shape index (κ2) is 6.48. The molecule has 0 bridgehead atoms. The van der Waals surface area contributed by atoms with Crippen LogP contribution in [0.2, 0.25) is 0 Å². The molecule has 2 aromatic rings. The number of carbonyl (C=O) groups is 2. The van der Waals surface area contributed by atoms with Gasteiger partial charge in [-0.15, -0.1) is 0 Å². The highest BCUT2D eigenvalue weighted by molar-refractivity contribution is 6.23. The van der Waals surface area contributed by atoms with Crippen LogP contribution in [0.3, 0.4) is 0 Å². The predicted molar refractivity (Wildman–Crippen MR) is 107 cm³/mol. The Labute approximate surface area is 163 Å². The maximum Gasteiger partial charge on any atom is 0.192 e. The molecule has 140 valence electrons. The first-order valence-electron chi connectivity index (χ1n) is 9.83. The zero-order valence-corrected chi connectivity index (χ0v) is 15.7. The van der Waals surface area contributed by atoms with Gasteiger partial charge in [0.05, 0.1) is 12.3 Å². The number of benzene rings is 2. The van der Waals surface area contributed by atoms with Crippen molar-refractivity contribution in [3.63, 3.8) is 0 Å². The van der Waals surface area contributed by atoms with Gasteiger partial charge in [-0.3, -0.25) is 9.59 Å². The molecule has 0 saturated carbocycles. The van der Waals surface area contributed by atoms with Gasteiger partial charge >= 0.3 is 0 Å². The maximum atomic E-state index is 13.3. The number of fused-ring (bicyclic) bond motifs is 2. The third-order valence-corrected chi connectivity index (χ3v) is 5.79. The molecule has 1 atom stereocenters. The molecule has 0 fully saturated rings. The molecular weight excluding hydrogens is 350 g/mol. The van der Waals surface area contributed by atoms with E-state index in [1.54, 1.807) is 0 Å². The first-order chi connectivity index (χ1) is 13.7.